The minimum Gasteiger partial charge on any atom is -0.375 e. The Labute approximate surface area is 169 Å². The molecule has 4 aliphatic rings. The molecule has 4 rings (SSSR count). The van der Waals surface area contributed by atoms with Crippen LogP contribution in [0, 0.1) is 5.92 Å². The Morgan fingerprint density at radius 3 is 2.39 bits per heavy atom. The Kier molecular flexibility index (Phi) is 6.89. The van der Waals surface area contributed by atoms with Crippen molar-refractivity contribution < 1.29 is 14.3 Å². The molecule has 0 aromatic carbocycles. The van der Waals surface area contributed by atoms with Crippen molar-refractivity contribution >= 4 is 11.8 Å². The fourth-order valence-electron chi connectivity index (χ4n) is 5.61. The van der Waals surface area contributed by atoms with E-state index in [0.29, 0.717) is 24.9 Å². The molecule has 2 N–H and O–H groups in total. The first-order chi connectivity index (χ1) is 13.7. The van der Waals surface area contributed by atoms with Crippen LogP contribution in [0.1, 0.15) is 83.5 Å². The molecule has 3 aliphatic carbocycles. The number of amides is 2. The topological polar surface area (TPSA) is 70.7 Å². The minimum absolute atomic E-state index is 0.0129. The fourth-order valence-corrected chi connectivity index (χ4v) is 5.61. The van der Waals surface area contributed by atoms with Gasteiger partial charge in [0, 0.05) is 12.1 Å². The van der Waals surface area contributed by atoms with E-state index in [1.807, 2.05) is 0 Å². The van der Waals surface area contributed by atoms with Gasteiger partial charge in [0.05, 0.1) is 24.8 Å². The Morgan fingerprint density at radius 1 is 0.929 bits per heavy atom. The predicted molar refractivity (Wildman–Crippen MR) is 108 cm³/mol. The van der Waals surface area contributed by atoms with Gasteiger partial charge in [-0.05, 0) is 51.4 Å². The summed E-state index contributed by atoms with van der Waals surface area (Å²) in [6.07, 6.45) is 15.7. The van der Waals surface area contributed by atoms with Gasteiger partial charge in [0.2, 0.25) is 11.8 Å². The lowest BCUT2D eigenvalue weighted by atomic mass is 9.82. The summed E-state index contributed by atoms with van der Waals surface area (Å²) in [7, 11) is 0. The van der Waals surface area contributed by atoms with Crippen molar-refractivity contribution in [2.45, 2.75) is 108 Å². The molecule has 4 fully saturated rings. The molecule has 28 heavy (non-hydrogen) atoms. The molecular weight excluding hydrogens is 354 g/mol. The van der Waals surface area contributed by atoms with Gasteiger partial charge in [-0.1, -0.05) is 32.1 Å². The number of nitrogens with zero attached hydrogens (tertiary/aromatic N) is 1. The number of hydrogen-bond acceptors (Lipinski definition) is 4. The standard InChI is InChI=1S/C22H37N3O3/c26-21(14-25-15-23-20-9-5-4-8-19(20)22(25)27)24-16-10-12-18(13-11-16)28-17-6-2-1-3-7-17/h16-20,23H,1-15H2,(H,24,26). The van der Waals surface area contributed by atoms with Crippen molar-refractivity contribution in [1.82, 2.24) is 15.5 Å². The summed E-state index contributed by atoms with van der Waals surface area (Å²) < 4.78 is 6.30. The smallest absolute Gasteiger partial charge is 0.239 e. The van der Waals surface area contributed by atoms with E-state index >= 15 is 0 Å². The summed E-state index contributed by atoms with van der Waals surface area (Å²) in [6.45, 7) is 0.697. The van der Waals surface area contributed by atoms with E-state index in [2.05, 4.69) is 10.6 Å². The van der Waals surface area contributed by atoms with E-state index in [4.69, 9.17) is 4.74 Å². The van der Waals surface area contributed by atoms with Crippen LogP contribution in [0.2, 0.25) is 0 Å². The maximum atomic E-state index is 12.7. The number of carbonyl (C=O) groups excluding carboxylic acids is 2. The van der Waals surface area contributed by atoms with Crippen LogP contribution in [0.25, 0.3) is 0 Å². The molecule has 6 nitrogen and oxygen atoms in total. The highest BCUT2D eigenvalue weighted by Gasteiger charge is 2.38. The second kappa shape index (κ2) is 9.57. The van der Waals surface area contributed by atoms with Crippen molar-refractivity contribution in [2.24, 2.45) is 5.92 Å². The van der Waals surface area contributed by atoms with Gasteiger partial charge < -0.3 is 15.0 Å². The Hall–Kier alpha value is -1.14. The van der Waals surface area contributed by atoms with E-state index in [1.54, 1.807) is 4.90 Å². The molecule has 1 heterocycles. The Balaban J connectivity index is 1.17. The molecule has 3 saturated carbocycles. The van der Waals surface area contributed by atoms with E-state index in [9.17, 15) is 9.59 Å². The molecule has 1 saturated heterocycles. The zero-order valence-electron chi connectivity index (χ0n) is 17.2. The van der Waals surface area contributed by atoms with Gasteiger partial charge in [0.25, 0.3) is 0 Å². The molecule has 2 atom stereocenters. The van der Waals surface area contributed by atoms with Gasteiger partial charge >= 0.3 is 0 Å². The molecule has 6 heteroatoms. The number of hydrogen-bond donors (Lipinski definition) is 2. The normalized spacial score (nSPS) is 34.7. The van der Waals surface area contributed by atoms with E-state index in [0.717, 1.165) is 44.9 Å². The third-order valence-electron chi connectivity index (χ3n) is 7.25. The maximum absolute atomic E-state index is 12.7. The summed E-state index contributed by atoms with van der Waals surface area (Å²) >= 11 is 0. The number of carbonyl (C=O) groups is 2. The van der Waals surface area contributed by atoms with Crippen LogP contribution in [0.15, 0.2) is 0 Å². The van der Waals surface area contributed by atoms with Crippen LogP contribution in [-0.2, 0) is 14.3 Å². The van der Waals surface area contributed by atoms with Crippen LogP contribution in [0.3, 0.4) is 0 Å². The highest BCUT2D eigenvalue weighted by molar-refractivity contribution is 5.87. The molecule has 2 unspecified atom stereocenters. The first kappa shape index (κ1) is 20.1. The van der Waals surface area contributed by atoms with Crippen molar-refractivity contribution in [1.29, 1.82) is 0 Å². The SMILES string of the molecule is O=C(CN1CNC2CCCCC2C1=O)NC1CCC(OC2CCCCC2)CC1. The molecular formula is C22H37N3O3. The van der Waals surface area contributed by atoms with E-state index in [1.165, 1.54) is 38.5 Å². The van der Waals surface area contributed by atoms with Crippen LogP contribution in [0.4, 0.5) is 0 Å². The predicted octanol–water partition coefficient (Wildman–Crippen LogP) is 2.71. The van der Waals surface area contributed by atoms with Crippen molar-refractivity contribution in [2.75, 3.05) is 13.2 Å². The number of nitrogens with one attached hydrogen (secondary N) is 2. The van der Waals surface area contributed by atoms with Crippen LogP contribution in [-0.4, -0.2) is 54.2 Å². The van der Waals surface area contributed by atoms with Gasteiger partial charge in [-0.25, -0.2) is 0 Å². The summed E-state index contributed by atoms with van der Waals surface area (Å²) in [5, 5.41) is 6.63. The zero-order chi connectivity index (χ0) is 19.3. The maximum Gasteiger partial charge on any atom is 0.239 e. The number of ether oxygens (including phenoxy) is 1. The minimum atomic E-state index is -0.0129. The lowest BCUT2D eigenvalue weighted by Gasteiger charge is -2.41. The zero-order valence-corrected chi connectivity index (χ0v) is 17.2. The number of fused-ring (bicyclic) bond motifs is 1. The lowest BCUT2D eigenvalue weighted by Crippen LogP contribution is -2.59. The monoisotopic (exact) mass is 391 g/mol. The van der Waals surface area contributed by atoms with E-state index < -0.39 is 0 Å². The van der Waals surface area contributed by atoms with Crippen LogP contribution >= 0.6 is 0 Å². The quantitative estimate of drug-likeness (QED) is 0.756. The van der Waals surface area contributed by atoms with Crippen molar-refractivity contribution in [3.05, 3.63) is 0 Å². The molecule has 0 aromatic heterocycles. The largest absolute Gasteiger partial charge is 0.375 e. The van der Waals surface area contributed by atoms with Gasteiger partial charge in [0.1, 0.15) is 6.54 Å². The van der Waals surface area contributed by atoms with Crippen LogP contribution in [0.5, 0.6) is 0 Å². The first-order valence-corrected chi connectivity index (χ1v) is 11.7. The summed E-state index contributed by atoms with van der Waals surface area (Å²) in [6, 6.07) is 0.550. The number of rotatable bonds is 5. The molecule has 158 valence electrons. The fraction of sp³-hybridized carbons (Fsp3) is 0.909. The third-order valence-corrected chi connectivity index (χ3v) is 7.25. The average molecular weight is 392 g/mol. The first-order valence-electron chi connectivity index (χ1n) is 11.7. The van der Waals surface area contributed by atoms with Gasteiger partial charge in [-0.15, -0.1) is 0 Å². The van der Waals surface area contributed by atoms with E-state index in [-0.39, 0.29) is 30.3 Å². The van der Waals surface area contributed by atoms with Crippen LogP contribution < -0.4 is 10.6 Å². The molecule has 0 spiro atoms. The molecule has 1 aliphatic heterocycles. The third kappa shape index (κ3) is 5.07. The summed E-state index contributed by atoms with van der Waals surface area (Å²) in [5.41, 5.74) is 0. The van der Waals surface area contributed by atoms with Crippen molar-refractivity contribution in [3.8, 4) is 0 Å². The summed E-state index contributed by atoms with van der Waals surface area (Å²) in [4.78, 5) is 26.9. The van der Waals surface area contributed by atoms with Crippen molar-refractivity contribution in [3.63, 3.8) is 0 Å². The molecule has 0 aromatic rings. The highest BCUT2D eigenvalue weighted by Crippen LogP contribution is 2.29. The van der Waals surface area contributed by atoms with Gasteiger partial charge in [-0.2, -0.15) is 0 Å². The average Bonchev–Trinajstić information content (AvgIpc) is 2.72. The second-order valence-electron chi connectivity index (χ2n) is 9.33. The molecule has 2 amide bonds. The Bertz CT molecular complexity index is 541. The molecule has 0 bridgehead atoms. The van der Waals surface area contributed by atoms with Gasteiger partial charge in [0.15, 0.2) is 0 Å². The second-order valence-corrected chi connectivity index (χ2v) is 9.33. The summed E-state index contributed by atoms with van der Waals surface area (Å²) in [5.74, 6) is 0.229. The highest BCUT2D eigenvalue weighted by atomic mass is 16.5. The van der Waals surface area contributed by atoms with Gasteiger partial charge in [-0.3, -0.25) is 14.9 Å². The Morgan fingerprint density at radius 2 is 1.61 bits per heavy atom. The lowest BCUT2D eigenvalue weighted by molar-refractivity contribution is -0.145. The molecule has 0 radical (unpaired) electrons.